The van der Waals surface area contributed by atoms with Crippen LogP contribution in [0.15, 0.2) is 85.1 Å². The lowest BCUT2D eigenvalue weighted by Crippen LogP contribution is -2.29. The molecule has 9 heteroatoms. The quantitative estimate of drug-likeness (QED) is 0.322. The summed E-state index contributed by atoms with van der Waals surface area (Å²) in [5.41, 5.74) is 3.05. The second kappa shape index (κ2) is 9.67. The Bertz CT molecular complexity index is 1360. The number of ketones is 1. The van der Waals surface area contributed by atoms with Crippen LogP contribution < -0.4 is 10.2 Å². The zero-order valence-corrected chi connectivity index (χ0v) is 21.2. The van der Waals surface area contributed by atoms with Crippen LogP contribution in [-0.2, 0) is 11.3 Å². The van der Waals surface area contributed by atoms with Gasteiger partial charge in [0.2, 0.25) is 0 Å². The van der Waals surface area contributed by atoms with E-state index in [9.17, 15) is 9.59 Å². The predicted octanol–water partition coefficient (Wildman–Crippen LogP) is 6.09. The van der Waals surface area contributed by atoms with Crippen LogP contribution >= 0.6 is 23.5 Å². The van der Waals surface area contributed by atoms with Gasteiger partial charge in [-0.15, -0.1) is 0 Å². The number of aliphatic imine (C=N–C) groups is 1. The number of hydrogen-bond acceptors (Lipinski definition) is 8. The lowest BCUT2D eigenvalue weighted by Gasteiger charge is -2.16. The first-order valence-electron chi connectivity index (χ1n) is 11.2. The molecule has 2 aromatic carbocycles. The Morgan fingerprint density at radius 1 is 1.11 bits per heavy atom. The van der Waals surface area contributed by atoms with Gasteiger partial charge in [0.25, 0.3) is 5.91 Å². The van der Waals surface area contributed by atoms with Crippen molar-refractivity contribution in [2.24, 2.45) is 4.99 Å². The Balaban J connectivity index is 1.59. The lowest BCUT2D eigenvalue weighted by molar-refractivity contribution is -0.122. The minimum Gasteiger partial charge on any atom is -0.467 e. The van der Waals surface area contributed by atoms with Gasteiger partial charge in [-0.1, -0.05) is 23.9 Å². The van der Waals surface area contributed by atoms with Crippen molar-refractivity contribution >= 4 is 57.4 Å². The fourth-order valence-electron chi connectivity index (χ4n) is 3.90. The van der Waals surface area contributed by atoms with Gasteiger partial charge < -0.3 is 14.6 Å². The summed E-state index contributed by atoms with van der Waals surface area (Å²) in [5, 5.41) is 4.71. The third-order valence-electron chi connectivity index (χ3n) is 5.68. The summed E-state index contributed by atoms with van der Waals surface area (Å²) in [6.07, 6.45) is 1.59. The summed E-state index contributed by atoms with van der Waals surface area (Å²) >= 11 is 2.93. The molecular weight excluding hydrogens is 480 g/mol. The van der Waals surface area contributed by atoms with Gasteiger partial charge in [-0.2, -0.15) is 0 Å². The van der Waals surface area contributed by atoms with E-state index >= 15 is 0 Å². The molecule has 0 atom stereocenters. The van der Waals surface area contributed by atoms with E-state index in [1.54, 1.807) is 41.1 Å². The van der Waals surface area contributed by atoms with Crippen molar-refractivity contribution in [1.29, 1.82) is 0 Å². The highest BCUT2D eigenvalue weighted by molar-refractivity contribution is 8.19. The number of rotatable bonds is 6. The number of Topliss-reactive ketones (excluding diaryl/α,β-unsaturated/α-hetero) is 1. The van der Waals surface area contributed by atoms with E-state index < -0.39 is 0 Å². The molecule has 0 radical (unpaired) electrons. The highest BCUT2D eigenvalue weighted by atomic mass is 32.2. The molecule has 1 aromatic heterocycles. The molecule has 1 saturated heterocycles. The molecule has 0 bridgehead atoms. The van der Waals surface area contributed by atoms with E-state index in [0.717, 1.165) is 21.3 Å². The minimum absolute atomic E-state index is 0.0401. The summed E-state index contributed by atoms with van der Waals surface area (Å²) in [6.45, 7) is 4.50. The van der Waals surface area contributed by atoms with Gasteiger partial charge >= 0.3 is 0 Å². The molecule has 7 nitrogen and oxygen atoms in total. The molecule has 2 aliphatic heterocycles. The number of carbonyl (C=O) groups is 2. The maximum atomic E-state index is 13.7. The second-order valence-electron chi connectivity index (χ2n) is 8.05. The predicted molar refractivity (Wildman–Crippen MR) is 142 cm³/mol. The number of nitrogens with zero attached hydrogens (tertiary/aromatic N) is 3. The van der Waals surface area contributed by atoms with E-state index in [1.807, 2.05) is 44.3 Å². The Kier molecular flexibility index (Phi) is 6.44. The number of hydrogen-bond donors (Lipinski definition) is 1. The SMILES string of the molecule is CCNc1ccc(C(C)=O)cc1N=C1SC(=C2Sc3ccccc3N2C)C(=O)N1Cc1ccco1. The van der Waals surface area contributed by atoms with Crippen LogP contribution in [0.2, 0.25) is 0 Å². The maximum absolute atomic E-state index is 13.7. The molecule has 3 aromatic rings. The molecule has 1 fully saturated rings. The summed E-state index contributed by atoms with van der Waals surface area (Å²) in [5.74, 6) is 0.500. The highest BCUT2D eigenvalue weighted by Gasteiger charge is 2.39. The van der Waals surface area contributed by atoms with Crippen molar-refractivity contribution in [2.45, 2.75) is 25.3 Å². The standard InChI is InChI=1S/C26H24N4O3S2/c1-4-27-19-12-11-17(16(2)31)14-20(19)28-26-30(15-18-8-7-13-33-18)24(32)23(35-26)25-29(3)21-9-5-6-10-22(21)34-25/h5-14,27H,4,15H2,1-3H3. The molecule has 5 rings (SSSR count). The average molecular weight is 505 g/mol. The number of amidine groups is 1. The molecule has 35 heavy (non-hydrogen) atoms. The monoisotopic (exact) mass is 504 g/mol. The third kappa shape index (κ3) is 4.49. The zero-order valence-electron chi connectivity index (χ0n) is 19.6. The van der Waals surface area contributed by atoms with Crippen molar-refractivity contribution in [2.75, 3.05) is 23.8 Å². The highest BCUT2D eigenvalue weighted by Crippen LogP contribution is 2.50. The molecule has 0 aliphatic carbocycles. The summed E-state index contributed by atoms with van der Waals surface area (Å²) < 4.78 is 5.54. The Morgan fingerprint density at radius 3 is 2.66 bits per heavy atom. The van der Waals surface area contributed by atoms with Crippen molar-refractivity contribution in [3.8, 4) is 0 Å². The van der Waals surface area contributed by atoms with Crippen LogP contribution in [0.5, 0.6) is 0 Å². The van der Waals surface area contributed by atoms with Gasteiger partial charge in [0.1, 0.15) is 10.7 Å². The third-order valence-corrected chi connectivity index (χ3v) is 8.11. The number of nitrogens with one attached hydrogen (secondary N) is 1. The van der Waals surface area contributed by atoms with Crippen molar-refractivity contribution in [3.63, 3.8) is 0 Å². The molecular formula is C26H24N4O3S2. The van der Waals surface area contributed by atoms with Crippen molar-refractivity contribution < 1.29 is 14.0 Å². The zero-order chi connectivity index (χ0) is 24.5. The van der Waals surface area contributed by atoms with Crippen LogP contribution in [0, 0.1) is 0 Å². The maximum Gasteiger partial charge on any atom is 0.269 e. The molecule has 178 valence electrons. The Labute approximate surface area is 212 Å². The molecule has 3 heterocycles. The first kappa shape index (κ1) is 23.3. The van der Waals surface area contributed by atoms with Crippen LogP contribution in [0.3, 0.4) is 0 Å². The molecule has 0 unspecified atom stereocenters. The molecule has 1 amide bonds. The number of anilines is 2. The van der Waals surface area contributed by atoms with Gasteiger partial charge in [0, 0.05) is 24.1 Å². The number of amides is 1. The minimum atomic E-state index is -0.125. The number of benzene rings is 2. The normalized spacial score (nSPS) is 18.5. The molecule has 0 saturated carbocycles. The van der Waals surface area contributed by atoms with E-state index in [-0.39, 0.29) is 18.2 Å². The number of fused-ring (bicyclic) bond motifs is 1. The van der Waals surface area contributed by atoms with Gasteiger partial charge in [-0.3, -0.25) is 14.5 Å². The summed E-state index contributed by atoms with van der Waals surface area (Å²) in [7, 11) is 1.97. The van der Waals surface area contributed by atoms with Gasteiger partial charge in [0.05, 0.1) is 34.9 Å². The van der Waals surface area contributed by atoms with Crippen LogP contribution in [-0.4, -0.2) is 35.4 Å². The number of para-hydroxylation sites is 1. The summed E-state index contributed by atoms with van der Waals surface area (Å²) in [6, 6.07) is 17.1. The van der Waals surface area contributed by atoms with Crippen LogP contribution in [0.4, 0.5) is 17.1 Å². The van der Waals surface area contributed by atoms with Gasteiger partial charge in [-0.05, 0) is 68.1 Å². The lowest BCUT2D eigenvalue weighted by atomic mass is 10.1. The average Bonchev–Trinajstić information content (AvgIpc) is 3.56. The molecule has 2 aliphatic rings. The van der Waals surface area contributed by atoms with Crippen LogP contribution in [0.1, 0.15) is 30.0 Å². The fourth-order valence-corrected chi connectivity index (χ4v) is 6.24. The van der Waals surface area contributed by atoms with Gasteiger partial charge in [-0.25, -0.2) is 4.99 Å². The first-order chi connectivity index (χ1) is 17.0. The largest absolute Gasteiger partial charge is 0.467 e. The van der Waals surface area contributed by atoms with E-state index in [0.29, 0.717) is 33.6 Å². The van der Waals surface area contributed by atoms with Crippen LogP contribution in [0.25, 0.3) is 0 Å². The number of thioether (sulfide) groups is 2. The fraction of sp³-hybridized carbons (Fsp3) is 0.192. The topological polar surface area (TPSA) is 78.2 Å². The smallest absolute Gasteiger partial charge is 0.269 e. The number of furan rings is 1. The van der Waals surface area contributed by atoms with Crippen molar-refractivity contribution in [3.05, 3.63) is 82.1 Å². The summed E-state index contributed by atoms with van der Waals surface area (Å²) in [4.78, 5) is 36.1. The van der Waals surface area contributed by atoms with Gasteiger partial charge in [0.15, 0.2) is 11.0 Å². The Hall–Kier alpha value is -3.43. The number of carbonyl (C=O) groups excluding carboxylic acids is 2. The second-order valence-corrected chi connectivity index (χ2v) is 10.1. The molecule has 0 spiro atoms. The Morgan fingerprint density at radius 2 is 1.94 bits per heavy atom. The van der Waals surface area contributed by atoms with E-state index in [2.05, 4.69) is 16.3 Å². The van der Waals surface area contributed by atoms with E-state index in [1.165, 1.54) is 18.7 Å². The van der Waals surface area contributed by atoms with E-state index in [4.69, 9.17) is 9.41 Å². The molecule has 1 N–H and O–H groups in total. The first-order valence-corrected chi connectivity index (χ1v) is 12.8. The van der Waals surface area contributed by atoms with Crippen molar-refractivity contribution in [1.82, 2.24) is 4.90 Å².